The number of aromatic nitrogens is 4. The van der Waals surface area contributed by atoms with Crippen LogP contribution in [0.25, 0.3) is 11.0 Å². The van der Waals surface area contributed by atoms with Crippen molar-refractivity contribution in [1.29, 1.82) is 0 Å². The Kier molecular flexibility index (Phi) is 5.25. The smallest absolute Gasteiger partial charge is 0.262 e. The number of fused-ring (bicyclic) bond motifs is 1. The van der Waals surface area contributed by atoms with Crippen molar-refractivity contribution in [3.05, 3.63) is 52.0 Å². The summed E-state index contributed by atoms with van der Waals surface area (Å²) in [5.41, 5.74) is 1.17. The lowest BCUT2D eigenvalue weighted by Crippen LogP contribution is -2.22. The van der Waals surface area contributed by atoms with Crippen molar-refractivity contribution in [3.63, 3.8) is 0 Å². The fourth-order valence-corrected chi connectivity index (χ4v) is 5.14. The van der Waals surface area contributed by atoms with Crippen molar-refractivity contribution in [1.82, 2.24) is 24.6 Å². The van der Waals surface area contributed by atoms with Crippen molar-refractivity contribution < 1.29 is 9.13 Å². The van der Waals surface area contributed by atoms with E-state index >= 15 is 0 Å². The number of halogens is 1. The first-order chi connectivity index (χ1) is 15.0. The summed E-state index contributed by atoms with van der Waals surface area (Å²) in [6.07, 6.45) is 6.19. The van der Waals surface area contributed by atoms with Gasteiger partial charge in [0, 0.05) is 31.1 Å². The molecule has 0 bridgehead atoms. The Morgan fingerprint density at radius 3 is 2.84 bits per heavy atom. The second-order valence-corrected chi connectivity index (χ2v) is 8.95. The maximum absolute atomic E-state index is 14.3. The minimum Gasteiger partial charge on any atom is -0.497 e. The second-order valence-electron chi connectivity index (χ2n) is 8.95. The van der Waals surface area contributed by atoms with Crippen LogP contribution in [0.2, 0.25) is 0 Å². The van der Waals surface area contributed by atoms with Crippen LogP contribution < -0.4 is 10.3 Å². The third-order valence-electron chi connectivity index (χ3n) is 6.84. The van der Waals surface area contributed by atoms with Gasteiger partial charge in [-0.15, -0.1) is 0 Å². The van der Waals surface area contributed by atoms with Crippen LogP contribution in [0.1, 0.15) is 56.0 Å². The average Bonchev–Trinajstić information content (AvgIpc) is 3.49. The van der Waals surface area contributed by atoms with E-state index in [1.54, 1.807) is 25.4 Å². The summed E-state index contributed by atoms with van der Waals surface area (Å²) in [4.78, 5) is 22.9. The molecule has 2 aromatic heterocycles. The summed E-state index contributed by atoms with van der Waals surface area (Å²) in [5, 5.41) is 5.04. The van der Waals surface area contributed by atoms with Crippen molar-refractivity contribution in [2.45, 2.75) is 51.1 Å². The highest BCUT2D eigenvalue weighted by molar-refractivity contribution is 5.73. The number of rotatable bonds is 5. The SMILES string of the molecule is COc1ccc(F)c(CN2C[C@@H](C)[C@H](c3nc4c(cnn4C4CCCC4)c(=O)[nH]3)C2)c1. The molecule has 1 saturated heterocycles. The number of hydrogen-bond donors (Lipinski definition) is 1. The largest absolute Gasteiger partial charge is 0.497 e. The molecular weight excluding hydrogens is 397 g/mol. The summed E-state index contributed by atoms with van der Waals surface area (Å²) < 4.78 is 21.5. The Bertz CT molecular complexity index is 1150. The fourth-order valence-electron chi connectivity index (χ4n) is 5.14. The van der Waals surface area contributed by atoms with E-state index in [0.717, 1.165) is 19.4 Å². The highest BCUT2D eigenvalue weighted by Gasteiger charge is 2.33. The molecule has 1 aromatic carbocycles. The lowest BCUT2D eigenvalue weighted by atomic mass is 9.97. The molecule has 2 atom stereocenters. The van der Waals surface area contributed by atoms with Gasteiger partial charge in [0.25, 0.3) is 5.56 Å². The first-order valence-electron chi connectivity index (χ1n) is 11.1. The molecule has 1 N–H and O–H groups in total. The number of benzene rings is 1. The minimum absolute atomic E-state index is 0.0812. The van der Waals surface area contributed by atoms with Crippen molar-refractivity contribution in [2.24, 2.45) is 5.92 Å². The standard InChI is InChI=1S/C23H28FN5O2/c1-14-11-28(12-15-9-17(31-2)7-8-20(15)24)13-19(14)21-26-22-18(23(30)27-21)10-25-29(22)16-5-3-4-6-16/h7-10,14,16,19H,3-6,11-13H2,1-2H3,(H,26,27,30)/t14-,19-/m1/s1. The molecule has 1 saturated carbocycles. The van der Waals surface area contributed by atoms with Crippen LogP contribution in [0.4, 0.5) is 4.39 Å². The number of ether oxygens (including phenoxy) is 1. The molecule has 31 heavy (non-hydrogen) atoms. The zero-order chi connectivity index (χ0) is 21.5. The van der Waals surface area contributed by atoms with E-state index in [-0.39, 0.29) is 23.2 Å². The predicted molar refractivity (Wildman–Crippen MR) is 116 cm³/mol. The molecule has 3 aromatic rings. The highest BCUT2D eigenvalue weighted by atomic mass is 19.1. The number of nitrogens with one attached hydrogen (secondary N) is 1. The molecule has 1 aliphatic heterocycles. The molecule has 5 rings (SSSR count). The van der Waals surface area contributed by atoms with Gasteiger partial charge in [0.2, 0.25) is 0 Å². The van der Waals surface area contributed by atoms with Gasteiger partial charge < -0.3 is 9.72 Å². The van der Waals surface area contributed by atoms with E-state index in [1.807, 2.05) is 4.68 Å². The average molecular weight is 426 g/mol. The molecule has 164 valence electrons. The molecular formula is C23H28FN5O2. The van der Waals surface area contributed by atoms with Crippen LogP contribution in [-0.2, 0) is 6.54 Å². The van der Waals surface area contributed by atoms with Crippen molar-refractivity contribution in [2.75, 3.05) is 20.2 Å². The van der Waals surface area contributed by atoms with Crippen molar-refractivity contribution in [3.8, 4) is 5.75 Å². The van der Waals surface area contributed by atoms with Gasteiger partial charge >= 0.3 is 0 Å². The van der Waals surface area contributed by atoms with Gasteiger partial charge in [-0.25, -0.2) is 14.1 Å². The second kappa shape index (κ2) is 8.07. The van der Waals surface area contributed by atoms with Gasteiger partial charge in [-0.1, -0.05) is 19.8 Å². The van der Waals surface area contributed by atoms with E-state index in [0.29, 0.717) is 47.3 Å². The van der Waals surface area contributed by atoms with E-state index in [4.69, 9.17) is 9.72 Å². The zero-order valence-corrected chi connectivity index (χ0v) is 18.0. The summed E-state index contributed by atoms with van der Waals surface area (Å²) >= 11 is 0. The molecule has 0 spiro atoms. The van der Waals surface area contributed by atoms with Gasteiger partial charge in [0.1, 0.15) is 22.8 Å². The number of likely N-dealkylation sites (tertiary alicyclic amines) is 1. The van der Waals surface area contributed by atoms with Crippen LogP contribution in [0.3, 0.4) is 0 Å². The normalized spacial score (nSPS) is 22.5. The third-order valence-corrected chi connectivity index (χ3v) is 6.84. The monoisotopic (exact) mass is 425 g/mol. The molecule has 0 radical (unpaired) electrons. The molecule has 7 nitrogen and oxygen atoms in total. The number of aromatic amines is 1. The lowest BCUT2D eigenvalue weighted by Gasteiger charge is -2.17. The highest BCUT2D eigenvalue weighted by Crippen LogP contribution is 2.34. The van der Waals surface area contributed by atoms with Crippen LogP contribution in [0.15, 0.2) is 29.2 Å². The van der Waals surface area contributed by atoms with E-state index in [1.165, 1.54) is 18.9 Å². The Hall–Kier alpha value is -2.74. The maximum atomic E-state index is 14.3. The Morgan fingerprint density at radius 1 is 1.26 bits per heavy atom. The van der Waals surface area contributed by atoms with E-state index in [9.17, 15) is 9.18 Å². The topological polar surface area (TPSA) is 76.0 Å². The van der Waals surface area contributed by atoms with Gasteiger partial charge in [-0.05, 0) is 37.0 Å². The first-order valence-corrected chi connectivity index (χ1v) is 11.1. The fraction of sp³-hybridized carbons (Fsp3) is 0.522. The molecule has 3 heterocycles. The minimum atomic E-state index is -0.231. The molecule has 1 aliphatic carbocycles. The number of H-pyrrole nitrogens is 1. The van der Waals surface area contributed by atoms with Gasteiger partial charge in [-0.3, -0.25) is 9.69 Å². The predicted octanol–water partition coefficient (Wildman–Crippen LogP) is 3.62. The molecule has 0 unspecified atom stereocenters. The van der Waals surface area contributed by atoms with Crippen LogP contribution in [0, 0.1) is 11.7 Å². The third kappa shape index (κ3) is 3.73. The summed E-state index contributed by atoms with van der Waals surface area (Å²) in [7, 11) is 1.58. The van der Waals surface area contributed by atoms with E-state index < -0.39 is 0 Å². The summed E-state index contributed by atoms with van der Waals surface area (Å²) in [6, 6.07) is 5.15. The van der Waals surface area contributed by atoms with Gasteiger partial charge in [0.05, 0.1) is 19.3 Å². The number of hydrogen-bond acceptors (Lipinski definition) is 5. The Balaban J connectivity index is 1.41. The molecule has 2 fully saturated rings. The summed E-state index contributed by atoms with van der Waals surface area (Å²) in [5.74, 6) is 1.50. The van der Waals surface area contributed by atoms with Crippen LogP contribution >= 0.6 is 0 Å². The molecule has 8 heteroatoms. The number of methoxy groups -OCH3 is 1. The van der Waals surface area contributed by atoms with Gasteiger partial charge in [0.15, 0.2) is 5.65 Å². The lowest BCUT2D eigenvalue weighted by molar-refractivity contribution is 0.312. The molecule has 0 amide bonds. The Morgan fingerprint density at radius 2 is 2.06 bits per heavy atom. The van der Waals surface area contributed by atoms with Crippen molar-refractivity contribution >= 4 is 11.0 Å². The van der Waals surface area contributed by atoms with E-state index in [2.05, 4.69) is 21.9 Å². The number of nitrogens with zero attached hydrogens (tertiary/aromatic N) is 4. The van der Waals surface area contributed by atoms with Crippen LogP contribution in [0.5, 0.6) is 5.75 Å². The molecule has 2 aliphatic rings. The van der Waals surface area contributed by atoms with Gasteiger partial charge in [-0.2, -0.15) is 5.10 Å². The zero-order valence-electron chi connectivity index (χ0n) is 18.0. The summed E-state index contributed by atoms with van der Waals surface area (Å²) in [6.45, 7) is 4.18. The van der Waals surface area contributed by atoms with Crippen LogP contribution in [-0.4, -0.2) is 44.8 Å². The quantitative estimate of drug-likeness (QED) is 0.676. The first kappa shape index (κ1) is 20.2. The Labute approximate surface area is 180 Å². The maximum Gasteiger partial charge on any atom is 0.262 e.